The number of carbonyl (C=O) groups excluding carboxylic acids is 1. The van der Waals surface area contributed by atoms with E-state index in [0.717, 1.165) is 11.3 Å². The molecule has 2 rings (SSSR count). The molecule has 4 heteroatoms. The van der Waals surface area contributed by atoms with E-state index in [1.54, 1.807) is 32.4 Å². The molecule has 0 aliphatic heterocycles. The molecule has 0 spiro atoms. The second-order valence-electron chi connectivity index (χ2n) is 3.83. The number of ketones is 1. The molecule has 3 nitrogen and oxygen atoms in total. The molecular formula is C14H14O3S. The number of hydrogen-bond acceptors (Lipinski definition) is 4. The van der Waals surface area contributed by atoms with Crippen molar-refractivity contribution in [1.82, 2.24) is 0 Å². The van der Waals surface area contributed by atoms with E-state index in [1.165, 1.54) is 11.3 Å². The fourth-order valence-electron chi connectivity index (χ4n) is 1.72. The molecule has 0 fully saturated rings. The second-order valence-corrected chi connectivity index (χ2v) is 4.75. The summed E-state index contributed by atoms with van der Waals surface area (Å²) >= 11 is 1.38. The maximum atomic E-state index is 12.3. The van der Waals surface area contributed by atoms with Crippen molar-refractivity contribution in [3.05, 3.63) is 45.6 Å². The predicted molar refractivity (Wildman–Crippen MR) is 72.0 cm³/mol. The summed E-state index contributed by atoms with van der Waals surface area (Å²) in [5, 5.41) is 1.84. The highest BCUT2D eigenvalue weighted by Gasteiger charge is 2.16. The molecule has 0 aliphatic rings. The molecule has 0 saturated carbocycles. The van der Waals surface area contributed by atoms with Gasteiger partial charge in [0, 0.05) is 5.56 Å². The predicted octanol–water partition coefficient (Wildman–Crippen LogP) is 3.30. The van der Waals surface area contributed by atoms with Gasteiger partial charge in [0.05, 0.1) is 14.2 Å². The first-order chi connectivity index (χ1) is 8.67. The van der Waals surface area contributed by atoms with Crippen LogP contribution in [0.4, 0.5) is 0 Å². The van der Waals surface area contributed by atoms with Crippen LogP contribution in [-0.4, -0.2) is 20.0 Å². The van der Waals surface area contributed by atoms with E-state index < -0.39 is 0 Å². The number of methoxy groups -OCH3 is 2. The lowest BCUT2D eigenvalue weighted by Gasteiger charge is -2.07. The van der Waals surface area contributed by atoms with Gasteiger partial charge in [-0.05, 0) is 30.0 Å². The van der Waals surface area contributed by atoms with Crippen LogP contribution in [0.3, 0.4) is 0 Å². The van der Waals surface area contributed by atoms with Gasteiger partial charge in [0.15, 0.2) is 0 Å². The number of thiophene rings is 1. The van der Waals surface area contributed by atoms with Crippen molar-refractivity contribution in [2.24, 2.45) is 0 Å². The molecule has 1 aromatic heterocycles. The van der Waals surface area contributed by atoms with E-state index >= 15 is 0 Å². The fraction of sp³-hybridized carbons (Fsp3) is 0.214. The number of aryl methyl sites for hydroxylation is 1. The summed E-state index contributed by atoms with van der Waals surface area (Å²) in [6, 6.07) is 7.24. The molecule has 0 N–H and O–H groups in total. The Morgan fingerprint density at radius 2 is 1.83 bits per heavy atom. The van der Waals surface area contributed by atoms with Gasteiger partial charge in [-0.25, -0.2) is 0 Å². The lowest BCUT2D eigenvalue weighted by Crippen LogP contribution is -2.01. The van der Waals surface area contributed by atoms with Crippen LogP contribution in [0.5, 0.6) is 11.5 Å². The first-order valence-corrected chi connectivity index (χ1v) is 6.36. The van der Waals surface area contributed by atoms with Crippen LogP contribution in [0, 0.1) is 6.92 Å². The molecule has 0 bridgehead atoms. The number of ether oxygens (including phenoxy) is 2. The zero-order valence-corrected chi connectivity index (χ0v) is 11.3. The van der Waals surface area contributed by atoms with Gasteiger partial charge < -0.3 is 9.47 Å². The van der Waals surface area contributed by atoms with Crippen molar-refractivity contribution in [1.29, 1.82) is 0 Å². The Morgan fingerprint density at radius 3 is 2.50 bits per heavy atom. The molecule has 0 aliphatic carbocycles. The Labute approximate surface area is 110 Å². The van der Waals surface area contributed by atoms with Crippen LogP contribution < -0.4 is 9.47 Å². The topological polar surface area (TPSA) is 35.5 Å². The van der Waals surface area contributed by atoms with Gasteiger partial charge in [-0.2, -0.15) is 0 Å². The molecule has 94 valence electrons. The van der Waals surface area contributed by atoms with Gasteiger partial charge in [0.2, 0.25) is 5.78 Å². The molecule has 0 atom stereocenters. The maximum absolute atomic E-state index is 12.3. The minimum Gasteiger partial charge on any atom is -0.496 e. The molecule has 18 heavy (non-hydrogen) atoms. The normalized spacial score (nSPS) is 10.2. The van der Waals surface area contributed by atoms with Crippen molar-refractivity contribution in [3.63, 3.8) is 0 Å². The monoisotopic (exact) mass is 262 g/mol. The van der Waals surface area contributed by atoms with Crippen LogP contribution in [0.2, 0.25) is 0 Å². The smallest absolute Gasteiger partial charge is 0.206 e. The summed E-state index contributed by atoms with van der Waals surface area (Å²) in [4.78, 5) is 13.0. The van der Waals surface area contributed by atoms with Crippen LogP contribution in [0.1, 0.15) is 20.8 Å². The van der Waals surface area contributed by atoms with Crippen LogP contribution in [-0.2, 0) is 0 Å². The van der Waals surface area contributed by atoms with Crippen molar-refractivity contribution in [2.75, 3.05) is 14.2 Å². The third-order valence-corrected chi connectivity index (χ3v) is 3.62. The molecule has 2 aromatic rings. The molecule has 0 radical (unpaired) electrons. The summed E-state index contributed by atoms with van der Waals surface area (Å²) in [6.07, 6.45) is 0. The highest BCUT2D eigenvalue weighted by molar-refractivity contribution is 7.12. The van der Waals surface area contributed by atoms with E-state index in [0.29, 0.717) is 16.2 Å². The van der Waals surface area contributed by atoms with Crippen LogP contribution in [0.25, 0.3) is 0 Å². The summed E-state index contributed by atoms with van der Waals surface area (Å²) < 4.78 is 10.4. The summed E-state index contributed by atoms with van der Waals surface area (Å²) in [5.74, 6) is 1.29. The summed E-state index contributed by atoms with van der Waals surface area (Å²) in [7, 11) is 3.16. The highest BCUT2D eigenvalue weighted by Crippen LogP contribution is 2.29. The van der Waals surface area contributed by atoms with Crippen molar-refractivity contribution in [2.45, 2.75) is 6.92 Å². The molecule has 0 unspecified atom stereocenters. The Morgan fingerprint density at radius 1 is 1.11 bits per heavy atom. The largest absolute Gasteiger partial charge is 0.496 e. The van der Waals surface area contributed by atoms with E-state index in [1.807, 2.05) is 18.4 Å². The maximum Gasteiger partial charge on any atom is 0.206 e. The Hall–Kier alpha value is -1.81. The first-order valence-electron chi connectivity index (χ1n) is 5.48. The average Bonchev–Trinajstić information content (AvgIpc) is 2.86. The van der Waals surface area contributed by atoms with Crippen molar-refractivity contribution in [3.8, 4) is 11.5 Å². The zero-order chi connectivity index (χ0) is 13.1. The average molecular weight is 262 g/mol. The van der Waals surface area contributed by atoms with Crippen molar-refractivity contribution >= 4 is 17.1 Å². The molecule has 1 heterocycles. The highest BCUT2D eigenvalue weighted by atomic mass is 32.1. The molecular weight excluding hydrogens is 248 g/mol. The van der Waals surface area contributed by atoms with E-state index in [4.69, 9.17) is 9.47 Å². The van der Waals surface area contributed by atoms with Gasteiger partial charge in [0.25, 0.3) is 0 Å². The quantitative estimate of drug-likeness (QED) is 0.793. The van der Waals surface area contributed by atoms with Gasteiger partial charge in [-0.1, -0.05) is 12.1 Å². The van der Waals surface area contributed by atoms with Crippen LogP contribution >= 0.6 is 11.3 Å². The fourth-order valence-corrected chi connectivity index (χ4v) is 2.54. The number of carbonyl (C=O) groups is 1. The molecule has 0 amide bonds. The third kappa shape index (κ3) is 2.24. The lowest BCUT2D eigenvalue weighted by molar-refractivity contribution is 0.103. The van der Waals surface area contributed by atoms with Gasteiger partial charge in [-0.3, -0.25) is 4.79 Å². The van der Waals surface area contributed by atoms with Crippen LogP contribution in [0.15, 0.2) is 29.6 Å². The number of benzene rings is 1. The number of rotatable bonds is 4. The number of hydrogen-bond donors (Lipinski definition) is 0. The zero-order valence-electron chi connectivity index (χ0n) is 10.5. The SMILES string of the molecule is COc1cc(C(=O)c2sccc2OC)ccc1C. The van der Waals surface area contributed by atoms with Crippen molar-refractivity contribution < 1.29 is 14.3 Å². The molecule has 1 aromatic carbocycles. The van der Waals surface area contributed by atoms with Gasteiger partial charge in [0.1, 0.15) is 16.4 Å². The first kappa shape index (κ1) is 12.6. The summed E-state index contributed by atoms with van der Waals surface area (Å²) in [5.41, 5.74) is 1.62. The van der Waals surface area contributed by atoms with E-state index in [9.17, 15) is 4.79 Å². The van der Waals surface area contributed by atoms with Gasteiger partial charge in [-0.15, -0.1) is 11.3 Å². The van der Waals surface area contributed by atoms with Gasteiger partial charge >= 0.3 is 0 Å². The Kier molecular flexibility index (Phi) is 3.67. The summed E-state index contributed by atoms with van der Waals surface area (Å²) in [6.45, 7) is 1.94. The Bertz CT molecular complexity index is 572. The lowest BCUT2D eigenvalue weighted by atomic mass is 10.1. The Balaban J connectivity index is 2.40. The standard InChI is InChI=1S/C14H14O3S/c1-9-4-5-10(8-12(9)17-3)13(15)14-11(16-2)6-7-18-14/h4-8H,1-3H3. The molecule has 0 saturated heterocycles. The minimum absolute atomic E-state index is 0.0415. The minimum atomic E-state index is -0.0415. The third-order valence-electron chi connectivity index (χ3n) is 2.73. The van der Waals surface area contributed by atoms with E-state index in [2.05, 4.69) is 0 Å². The second kappa shape index (κ2) is 5.23. The van der Waals surface area contributed by atoms with E-state index in [-0.39, 0.29) is 5.78 Å².